The van der Waals surface area contributed by atoms with Gasteiger partial charge in [0.15, 0.2) is 0 Å². The van der Waals surface area contributed by atoms with Crippen molar-refractivity contribution >= 4 is 21.8 Å². The van der Waals surface area contributed by atoms with E-state index in [4.69, 9.17) is 4.74 Å². The zero-order valence-corrected chi connectivity index (χ0v) is 32.1. The molecule has 3 heteroatoms. The van der Waals surface area contributed by atoms with Crippen molar-refractivity contribution < 1.29 is 9.84 Å². The van der Waals surface area contributed by atoms with Crippen LogP contribution in [0.3, 0.4) is 0 Å². The number of hydrogen-bond donors (Lipinski definition) is 1. The normalized spacial score (nSPS) is 13.5. The lowest BCUT2D eigenvalue weighted by atomic mass is 9.71. The second kappa shape index (κ2) is 12.0. The molecule has 5 aromatic rings. The standard InChI is InChI=1S/C45H59NO2/c1-41(2,3)27-44(10,11)30-18-20-37-35(23-30)36-24-31(45(12,13)28-42(4,5)6)19-21-38(36)46(37)39-26-32(43(7,8)9)25-34(40(39)47)29-16-15-17-33(22-29)48-14/h15-26,47H,27-28H2,1-14H3. The quantitative estimate of drug-likeness (QED) is 0.191. The number of aromatic nitrogens is 1. The van der Waals surface area contributed by atoms with Crippen molar-refractivity contribution in [2.24, 2.45) is 10.8 Å². The molecule has 0 bridgehead atoms. The number of nitrogens with zero attached hydrogens (tertiary/aromatic N) is 1. The number of hydrogen-bond acceptors (Lipinski definition) is 2. The minimum atomic E-state index is -0.136. The molecule has 0 amide bonds. The molecule has 0 saturated carbocycles. The van der Waals surface area contributed by atoms with Gasteiger partial charge in [-0.25, -0.2) is 0 Å². The maximum atomic E-state index is 12.2. The Labute approximate surface area is 290 Å². The predicted octanol–water partition coefficient (Wildman–Crippen LogP) is 12.9. The summed E-state index contributed by atoms with van der Waals surface area (Å²) in [5.41, 5.74) is 8.83. The molecule has 1 N–H and O–H groups in total. The fraction of sp³-hybridized carbons (Fsp3) is 0.467. The monoisotopic (exact) mass is 645 g/mol. The molecule has 0 atom stereocenters. The van der Waals surface area contributed by atoms with Gasteiger partial charge in [0.05, 0.1) is 23.8 Å². The Kier molecular flexibility index (Phi) is 8.90. The molecule has 4 aromatic carbocycles. The maximum absolute atomic E-state index is 12.2. The van der Waals surface area contributed by atoms with Gasteiger partial charge in [0.2, 0.25) is 0 Å². The summed E-state index contributed by atoms with van der Waals surface area (Å²) in [4.78, 5) is 0. The number of ether oxygens (including phenoxy) is 1. The van der Waals surface area contributed by atoms with E-state index in [1.165, 1.54) is 21.9 Å². The van der Waals surface area contributed by atoms with Crippen LogP contribution in [-0.2, 0) is 16.2 Å². The molecule has 0 aliphatic heterocycles. The Morgan fingerprint density at radius 1 is 0.583 bits per heavy atom. The zero-order chi connectivity index (χ0) is 35.6. The molecule has 48 heavy (non-hydrogen) atoms. The van der Waals surface area contributed by atoms with Crippen LogP contribution in [0.25, 0.3) is 38.6 Å². The van der Waals surface area contributed by atoms with Gasteiger partial charge < -0.3 is 14.4 Å². The minimum absolute atomic E-state index is 0.00218. The molecule has 1 aromatic heterocycles. The lowest BCUT2D eigenvalue weighted by Gasteiger charge is -2.33. The van der Waals surface area contributed by atoms with Crippen molar-refractivity contribution in [2.75, 3.05) is 7.11 Å². The van der Waals surface area contributed by atoms with Crippen molar-refractivity contribution in [3.63, 3.8) is 0 Å². The molecule has 0 fully saturated rings. The Balaban J connectivity index is 1.87. The molecular formula is C45H59NO2. The van der Waals surface area contributed by atoms with Gasteiger partial charge in [-0.1, -0.05) is 114 Å². The first-order valence-electron chi connectivity index (χ1n) is 17.6. The minimum Gasteiger partial charge on any atom is -0.505 e. The first kappa shape index (κ1) is 35.6. The van der Waals surface area contributed by atoms with E-state index >= 15 is 0 Å². The summed E-state index contributed by atoms with van der Waals surface area (Å²) >= 11 is 0. The molecule has 3 nitrogen and oxygen atoms in total. The molecule has 5 rings (SSSR count). The van der Waals surface area contributed by atoms with Crippen molar-refractivity contribution in [3.8, 4) is 28.3 Å². The smallest absolute Gasteiger partial charge is 0.147 e. The van der Waals surface area contributed by atoms with E-state index in [0.29, 0.717) is 0 Å². The van der Waals surface area contributed by atoms with Crippen LogP contribution in [0.4, 0.5) is 0 Å². The lowest BCUT2D eigenvalue weighted by Crippen LogP contribution is -2.24. The average molecular weight is 646 g/mol. The number of rotatable bonds is 7. The van der Waals surface area contributed by atoms with Crippen LogP contribution in [0.15, 0.2) is 72.8 Å². The summed E-state index contributed by atoms with van der Waals surface area (Å²) < 4.78 is 7.87. The number of aromatic hydroxyl groups is 1. The fourth-order valence-corrected chi connectivity index (χ4v) is 8.21. The summed E-state index contributed by atoms with van der Waals surface area (Å²) in [6.07, 6.45) is 2.15. The van der Waals surface area contributed by atoms with Crippen molar-refractivity contribution in [2.45, 2.75) is 119 Å². The van der Waals surface area contributed by atoms with Crippen molar-refractivity contribution in [1.29, 1.82) is 0 Å². The number of benzene rings is 4. The van der Waals surface area contributed by atoms with Gasteiger partial charge in [0.1, 0.15) is 11.5 Å². The third kappa shape index (κ3) is 7.16. The van der Waals surface area contributed by atoms with Crippen LogP contribution in [0.1, 0.15) is 120 Å². The number of methoxy groups -OCH3 is 1. The van der Waals surface area contributed by atoms with Gasteiger partial charge in [-0.05, 0) is 111 Å². The van der Waals surface area contributed by atoms with Gasteiger partial charge in [-0.3, -0.25) is 0 Å². The van der Waals surface area contributed by atoms with E-state index in [0.717, 1.165) is 52.0 Å². The SMILES string of the molecule is COc1cccc(-c2cc(C(C)(C)C)cc(-n3c4ccc(C(C)(C)CC(C)(C)C)cc4c4cc(C(C)(C)CC(C)(C)C)ccc43)c2O)c1. The van der Waals surface area contributed by atoms with E-state index in [-0.39, 0.29) is 32.8 Å². The van der Waals surface area contributed by atoms with E-state index in [2.05, 4.69) is 143 Å². The van der Waals surface area contributed by atoms with Crippen LogP contribution in [0.2, 0.25) is 0 Å². The highest BCUT2D eigenvalue weighted by atomic mass is 16.5. The van der Waals surface area contributed by atoms with Gasteiger partial charge in [0, 0.05) is 16.3 Å². The van der Waals surface area contributed by atoms with Crippen molar-refractivity contribution in [1.82, 2.24) is 4.57 Å². The highest BCUT2D eigenvalue weighted by Gasteiger charge is 2.31. The van der Waals surface area contributed by atoms with Crippen LogP contribution >= 0.6 is 0 Å². The summed E-state index contributed by atoms with van der Waals surface area (Å²) in [5, 5.41) is 14.7. The topological polar surface area (TPSA) is 34.4 Å². The average Bonchev–Trinajstić information content (AvgIpc) is 3.27. The van der Waals surface area contributed by atoms with Gasteiger partial charge >= 0.3 is 0 Å². The van der Waals surface area contributed by atoms with Crippen LogP contribution in [0, 0.1) is 10.8 Å². The predicted molar refractivity (Wildman–Crippen MR) is 207 cm³/mol. The molecule has 0 saturated heterocycles. The largest absolute Gasteiger partial charge is 0.505 e. The van der Waals surface area contributed by atoms with Gasteiger partial charge in [0.25, 0.3) is 0 Å². The highest BCUT2D eigenvalue weighted by Crippen LogP contribution is 2.46. The van der Waals surface area contributed by atoms with E-state index in [1.807, 2.05) is 24.3 Å². The number of phenols is 1. The molecule has 0 aliphatic rings. The molecule has 0 aliphatic carbocycles. The molecule has 0 spiro atoms. The summed E-state index contributed by atoms with van der Waals surface area (Å²) in [7, 11) is 1.68. The Bertz CT molecular complexity index is 1880. The van der Waals surface area contributed by atoms with Crippen LogP contribution < -0.4 is 4.74 Å². The Morgan fingerprint density at radius 2 is 1.08 bits per heavy atom. The second-order valence-corrected chi connectivity index (χ2v) is 18.9. The maximum Gasteiger partial charge on any atom is 0.147 e. The van der Waals surface area contributed by atoms with Gasteiger partial charge in [-0.15, -0.1) is 0 Å². The Hall–Kier alpha value is -3.72. The van der Waals surface area contributed by atoms with E-state index in [9.17, 15) is 5.11 Å². The van der Waals surface area contributed by atoms with Crippen LogP contribution in [0.5, 0.6) is 11.5 Å². The first-order valence-corrected chi connectivity index (χ1v) is 17.6. The van der Waals surface area contributed by atoms with E-state index in [1.54, 1.807) is 7.11 Å². The third-order valence-electron chi connectivity index (χ3n) is 9.85. The lowest BCUT2D eigenvalue weighted by molar-refractivity contribution is 0.283. The zero-order valence-electron chi connectivity index (χ0n) is 32.1. The number of phenolic OH excluding ortho intramolecular Hbond substituents is 1. The first-order chi connectivity index (χ1) is 22.0. The van der Waals surface area contributed by atoms with Gasteiger partial charge in [-0.2, -0.15) is 0 Å². The third-order valence-corrected chi connectivity index (χ3v) is 9.85. The van der Waals surface area contributed by atoms with Crippen LogP contribution in [-0.4, -0.2) is 16.8 Å². The van der Waals surface area contributed by atoms with E-state index < -0.39 is 0 Å². The molecule has 0 unspecified atom stereocenters. The molecule has 1 heterocycles. The number of fused-ring (bicyclic) bond motifs is 3. The van der Waals surface area contributed by atoms with Crippen molar-refractivity contribution in [3.05, 3.63) is 89.5 Å². The fourth-order valence-electron chi connectivity index (χ4n) is 8.21. The molecular weight excluding hydrogens is 587 g/mol. The molecule has 0 radical (unpaired) electrons. The molecule has 256 valence electrons. The summed E-state index contributed by atoms with van der Waals surface area (Å²) in [5.74, 6) is 1.03. The Morgan fingerprint density at radius 3 is 1.52 bits per heavy atom. The second-order valence-electron chi connectivity index (χ2n) is 18.9. The summed E-state index contributed by atoms with van der Waals surface area (Å²) in [6.45, 7) is 30.1. The highest BCUT2D eigenvalue weighted by molar-refractivity contribution is 6.10. The summed E-state index contributed by atoms with van der Waals surface area (Å²) in [6, 6.07) is 26.3.